The van der Waals surface area contributed by atoms with Gasteiger partial charge in [0.2, 0.25) is 0 Å². The van der Waals surface area contributed by atoms with Crippen LogP contribution >= 0.6 is 12.2 Å². The van der Waals surface area contributed by atoms with Gasteiger partial charge in [0.1, 0.15) is 11.5 Å². The molecular formula is C21H15N3O2S. The number of hydrogen-bond donors (Lipinski definition) is 2. The summed E-state index contributed by atoms with van der Waals surface area (Å²) in [7, 11) is 0. The lowest BCUT2D eigenvalue weighted by atomic mass is 10.1. The first-order valence-electron chi connectivity index (χ1n) is 8.09. The molecule has 1 amide bonds. The van der Waals surface area contributed by atoms with Crippen molar-refractivity contribution >= 4 is 28.9 Å². The van der Waals surface area contributed by atoms with E-state index in [0.717, 1.165) is 5.75 Å². The molecule has 132 valence electrons. The Morgan fingerprint density at radius 2 is 1.63 bits per heavy atom. The Kier molecular flexibility index (Phi) is 5.77. The Balaban J connectivity index is 1.61. The third-order valence-corrected chi connectivity index (χ3v) is 3.78. The summed E-state index contributed by atoms with van der Waals surface area (Å²) in [6, 6.07) is 25.0. The lowest BCUT2D eigenvalue weighted by Crippen LogP contribution is -2.34. The number of ether oxygens (including phenoxy) is 1. The van der Waals surface area contributed by atoms with E-state index in [2.05, 4.69) is 10.6 Å². The molecule has 3 aromatic carbocycles. The van der Waals surface area contributed by atoms with Gasteiger partial charge in [-0.05, 0) is 60.7 Å². The summed E-state index contributed by atoms with van der Waals surface area (Å²) in [5, 5.41) is 14.5. The molecular weight excluding hydrogens is 358 g/mol. The van der Waals surface area contributed by atoms with Gasteiger partial charge in [-0.25, -0.2) is 0 Å². The maximum Gasteiger partial charge on any atom is 0.257 e. The number of thiocarbonyl (C=S) groups is 1. The van der Waals surface area contributed by atoms with Crippen molar-refractivity contribution < 1.29 is 9.53 Å². The normalized spacial score (nSPS) is 9.74. The highest BCUT2D eigenvalue weighted by Gasteiger charge is 2.08. The minimum absolute atomic E-state index is 0.168. The Labute approximate surface area is 162 Å². The van der Waals surface area contributed by atoms with Crippen LogP contribution < -0.4 is 15.4 Å². The minimum Gasteiger partial charge on any atom is -0.457 e. The molecule has 0 saturated heterocycles. The van der Waals surface area contributed by atoms with Crippen LogP contribution in [0.25, 0.3) is 0 Å². The summed E-state index contributed by atoms with van der Waals surface area (Å²) in [6.45, 7) is 0. The van der Waals surface area contributed by atoms with E-state index in [0.29, 0.717) is 22.6 Å². The third-order valence-electron chi connectivity index (χ3n) is 3.57. The lowest BCUT2D eigenvalue weighted by molar-refractivity contribution is 0.0977. The Bertz CT molecular complexity index is 996. The lowest BCUT2D eigenvalue weighted by Gasteiger charge is -2.11. The number of nitrogens with zero attached hydrogens (tertiary/aromatic N) is 1. The number of hydrogen-bond acceptors (Lipinski definition) is 4. The van der Waals surface area contributed by atoms with Crippen molar-refractivity contribution in [1.82, 2.24) is 5.32 Å². The molecule has 27 heavy (non-hydrogen) atoms. The van der Waals surface area contributed by atoms with Crippen LogP contribution in [0.4, 0.5) is 5.69 Å². The van der Waals surface area contributed by atoms with Crippen molar-refractivity contribution in [3.63, 3.8) is 0 Å². The Hall–Kier alpha value is -3.69. The molecule has 0 heterocycles. The number of nitrogens with one attached hydrogen (secondary N) is 2. The molecule has 0 unspecified atom stereocenters. The van der Waals surface area contributed by atoms with E-state index >= 15 is 0 Å². The minimum atomic E-state index is -0.353. The Morgan fingerprint density at radius 3 is 2.33 bits per heavy atom. The van der Waals surface area contributed by atoms with Crippen LogP contribution in [0.3, 0.4) is 0 Å². The van der Waals surface area contributed by atoms with Gasteiger partial charge in [0.15, 0.2) is 5.11 Å². The van der Waals surface area contributed by atoms with Crippen LogP contribution in [0.1, 0.15) is 15.9 Å². The van der Waals surface area contributed by atoms with Gasteiger partial charge < -0.3 is 10.1 Å². The maximum atomic E-state index is 12.2. The first kappa shape index (κ1) is 18.1. The average molecular weight is 373 g/mol. The smallest absolute Gasteiger partial charge is 0.257 e. The van der Waals surface area contributed by atoms with E-state index in [9.17, 15) is 4.79 Å². The van der Waals surface area contributed by atoms with E-state index in [1.165, 1.54) is 0 Å². The zero-order valence-corrected chi connectivity index (χ0v) is 15.0. The second kappa shape index (κ2) is 8.61. The topological polar surface area (TPSA) is 74.2 Å². The van der Waals surface area contributed by atoms with Gasteiger partial charge in [0.25, 0.3) is 5.91 Å². The molecule has 0 aromatic heterocycles. The molecule has 3 aromatic rings. The molecule has 0 aliphatic carbocycles. The van der Waals surface area contributed by atoms with Crippen molar-refractivity contribution in [3.8, 4) is 17.6 Å². The van der Waals surface area contributed by atoms with Crippen LogP contribution in [0.2, 0.25) is 0 Å². The van der Waals surface area contributed by atoms with Crippen molar-refractivity contribution in [3.05, 3.63) is 90.0 Å². The van der Waals surface area contributed by atoms with E-state index in [1.807, 2.05) is 54.6 Å². The standard InChI is InChI=1S/C21H15N3O2S/c22-14-15-9-11-16(12-10-15)20(25)24-21(27)23-17-5-4-8-19(13-17)26-18-6-2-1-3-7-18/h1-13H,(H2,23,24,25,27). The number of carbonyl (C=O) groups excluding carboxylic acids is 1. The van der Waals surface area contributed by atoms with Gasteiger partial charge in [-0.2, -0.15) is 5.26 Å². The monoisotopic (exact) mass is 373 g/mol. The van der Waals surface area contributed by atoms with Crippen LogP contribution in [0, 0.1) is 11.3 Å². The highest BCUT2D eigenvalue weighted by molar-refractivity contribution is 7.80. The highest BCUT2D eigenvalue weighted by Crippen LogP contribution is 2.23. The summed E-state index contributed by atoms with van der Waals surface area (Å²) in [4.78, 5) is 12.2. The summed E-state index contributed by atoms with van der Waals surface area (Å²) in [5.41, 5.74) is 1.59. The number of amides is 1. The predicted molar refractivity (Wildman–Crippen MR) is 108 cm³/mol. The van der Waals surface area contributed by atoms with Gasteiger partial charge in [-0.1, -0.05) is 24.3 Å². The van der Waals surface area contributed by atoms with Crippen LogP contribution in [-0.2, 0) is 0 Å². The molecule has 0 bridgehead atoms. The van der Waals surface area contributed by atoms with Crippen LogP contribution in [0.15, 0.2) is 78.9 Å². The predicted octanol–water partition coefficient (Wildman–Crippen LogP) is 4.48. The molecule has 2 N–H and O–H groups in total. The van der Waals surface area contributed by atoms with Crippen molar-refractivity contribution in [2.75, 3.05) is 5.32 Å². The molecule has 0 aliphatic rings. The molecule has 3 rings (SSSR count). The first-order chi connectivity index (χ1) is 13.1. The quantitative estimate of drug-likeness (QED) is 0.660. The van der Waals surface area contributed by atoms with E-state index < -0.39 is 0 Å². The summed E-state index contributed by atoms with van der Waals surface area (Å²) in [5.74, 6) is 1.02. The molecule has 0 atom stereocenters. The molecule has 0 aliphatic heterocycles. The van der Waals surface area contributed by atoms with Crippen molar-refractivity contribution in [2.24, 2.45) is 0 Å². The maximum absolute atomic E-state index is 12.2. The molecule has 0 fully saturated rings. The largest absolute Gasteiger partial charge is 0.457 e. The highest BCUT2D eigenvalue weighted by atomic mass is 32.1. The number of benzene rings is 3. The molecule has 6 heteroatoms. The fraction of sp³-hybridized carbons (Fsp3) is 0. The fourth-order valence-electron chi connectivity index (χ4n) is 2.30. The van der Waals surface area contributed by atoms with Crippen LogP contribution in [-0.4, -0.2) is 11.0 Å². The summed E-state index contributed by atoms with van der Waals surface area (Å²) >= 11 is 5.20. The summed E-state index contributed by atoms with van der Waals surface area (Å²) < 4.78 is 5.78. The van der Waals surface area contributed by atoms with Gasteiger partial charge in [0, 0.05) is 17.3 Å². The van der Waals surface area contributed by atoms with E-state index in [-0.39, 0.29) is 11.0 Å². The number of para-hydroxylation sites is 1. The van der Waals surface area contributed by atoms with Gasteiger partial charge in [-0.15, -0.1) is 0 Å². The molecule has 5 nitrogen and oxygen atoms in total. The first-order valence-corrected chi connectivity index (χ1v) is 8.50. The summed E-state index contributed by atoms with van der Waals surface area (Å²) in [6.07, 6.45) is 0. The number of carbonyl (C=O) groups is 1. The molecule has 0 saturated carbocycles. The third kappa shape index (κ3) is 5.14. The number of rotatable bonds is 4. The second-order valence-corrected chi connectivity index (χ2v) is 5.95. The molecule has 0 radical (unpaired) electrons. The zero-order valence-electron chi connectivity index (χ0n) is 14.2. The second-order valence-electron chi connectivity index (χ2n) is 5.54. The van der Waals surface area contributed by atoms with Gasteiger partial charge in [0.05, 0.1) is 11.6 Å². The van der Waals surface area contributed by atoms with Crippen molar-refractivity contribution in [2.45, 2.75) is 0 Å². The van der Waals surface area contributed by atoms with E-state index in [1.54, 1.807) is 30.3 Å². The zero-order chi connectivity index (χ0) is 19.1. The van der Waals surface area contributed by atoms with Gasteiger partial charge >= 0.3 is 0 Å². The number of anilines is 1. The van der Waals surface area contributed by atoms with Gasteiger partial charge in [-0.3, -0.25) is 10.1 Å². The number of nitriles is 1. The molecule has 0 spiro atoms. The average Bonchev–Trinajstić information content (AvgIpc) is 2.69. The Morgan fingerprint density at radius 1 is 0.926 bits per heavy atom. The van der Waals surface area contributed by atoms with Crippen LogP contribution in [0.5, 0.6) is 11.5 Å². The SMILES string of the molecule is N#Cc1ccc(C(=O)NC(=S)Nc2cccc(Oc3ccccc3)c2)cc1. The van der Waals surface area contributed by atoms with E-state index in [4.69, 9.17) is 22.2 Å². The fourth-order valence-corrected chi connectivity index (χ4v) is 2.51. The van der Waals surface area contributed by atoms with Crippen molar-refractivity contribution in [1.29, 1.82) is 5.26 Å².